The quantitative estimate of drug-likeness (QED) is 0.875. The number of hydrogen-bond acceptors (Lipinski definition) is 1. The van der Waals surface area contributed by atoms with Crippen molar-refractivity contribution in [3.05, 3.63) is 34.9 Å². The highest BCUT2D eigenvalue weighted by atomic mass is 35.5. The topological polar surface area (TPSA) is 37.3 Å². The lowest BCUT2D eigenvalue weighted by Crippen LogP contribution is -2.30. The van der Waals surface area contributed by atoms with Crippen LogP contribution in [0.4, 0.5) is 0 Å². The summed E-state index contributed by atoms with van der Waals surface area (Å²) in [7, 11) is 0. The van der Waals surface area contributed by atoms with Crippen LogP contribution in [0.5, 0.6) is 0 Å². The van der Waals surface area contributed by atoms with Gasteiger partial charge in [-0.3, -0.25) is 4.79 Å². The van der Waals surface area contributed by atoms with Crippen molar-refractivity contribution in [1.82, 2.24) is 0 Å². The number of carbonyl (C=O) groups is 1. The molecule has 0 unspecified atom stereocenters. The molecule has 0 heterocycles. The summed E-state index contributed by atoms with van der Waals surface area (Å²) in [6.07, 6.45) is 4.12. The molecule has 0 bridgehead atoms. The van der Waals surface area contributed by atoms with Gasteiger partial charge in [-0.1, -0.05) is 42.6 Å². The maximum atomic E-state index is 11.4. The van der Waals surface area contributed by atoms with Crippen molar-refractivity contribution in [2.75, 3.05) is 0 Å². The summed E-state index contributed by atoms with van der Waals surface area (Å²) in [6, 6.07) is 7.52. The lowest BCUT2D eigenvalue weighted by atomic mass is 9.80. The van der Waals surface area contributed by atoms with Gasteiger partial charge in [0.05, 0.1) is 5.41 Å². The minimum atomic E-state index is -0.676. The highest BCUT2D eigenvalue weighted by molar-refractivity contribution is 6.31. The predicted molar refractivity (Wildman–Crippen MR) is 63.7 cm³/mol. The normalized spacial score (nSPS) is 18.6. The summed E-state index contributed by atoms with van der Waals surface area (Å²) >= 11 is 6.08. The van der Waals surface area contributed by atoms with Crippen LogP contribution >= 0.6 is 11.6 Å². The molecule has 0 radical (unpaired) electrons. The van der Waals surface area contributed by atoms with Crippen molar-refractivity contribution in [2.45, 2.75) is 32.1 Å². The summed E-state index contributed by atoms with van der Waals surface area (Å²) in [4.78, 5) is 11.4. The zero-order chi connectivity index (χ0) is 11.6. The molecule has 0 amide bonds. The second-order valence-electron chi connectivity index (χ2n) is 4.56. The Kier molecular flexibility index (Phi) is 3.20. The molecule has 2 nitrogen and oxygen atoms in total. The first-order valence-electron chi connectivity index (χ1n) is 5.61. The number of benzene rings is 1. The predicted octanol–water partition coefficient (Wildman–Crippen LogP) is 3.53. The Balaban J connectivity index is 2.25. The van der Waals surface area contributed by atoms with Gasteiger partial charge in [0.1, 0.15) is 0 Å². The van der Waals surface area contributed by atoms with Crippen molar-refractivity contribution in [2.24, 2.45) is 5.41 Å². The van der Waals surface area contributed by atoms with Crippen molar-refractivity contribution in [3.8, 4) is 0 Å². The van der Waals surface area contributed by atoms with Gasteiger partial charge in [0.2, 0.25) is 0 Å². The molecule has 1 N–H and O–H groups in total. The lowest BCUT2D eigenvalue weighted by Gasteiger charge is -2.24. The average molecular weight is 239 g/mol. The second kappa shape index (κ2) is 4.46. The van der Waals surface area contributed by atoms with E-state index in [1.165, 1.54) is 0 Å². The Hall–Kier alpha value is -1.02. The van der Waals surface area contributed by atoms with Crippen LogP contribution in [0.3, 0.4) is 0 Å². The van der Waals surface area contributed by atoms with Gasteiger partial charge in [-0.2, -0.15) is 0 Å². The Labute approximate surface area is 100 Å². The van der Waals surface area contributed by atoms with Crippen LogP contribution < -0.4 is 0 Å². The molecule has 1 aliphatic rings. The fourth-order valence-corrected chi connectivity index (χ4v) is 2.73. The molecule has 1 aromatic carbocycles. The zero-order valence-corrected chi connectivity index (χ0v) is 9.83. The van der Waals surface area contributed by atoms with Crippen LogP contribution in [-0.2, 0) is 11.2 Å². The van der Waals surface area contributed by atoms with Crippen molar-refractivity contribution < 1.29 is 9.90 Å². The maximum absolute atomic E-state index is 11.4. The summed E-state index contributed by atoms with van der Waals surface area (Å²) in [5, 5.41) is 10.0. The van der Waals surface area contributed by atoms with Gasteiger partial charge < -0.3 is 5.11 Å². The molecule has 3 heteroatoms. The maximum Gasteiger partial charge on any atom is 0.309 e. The molecule has 16 heavy (non-hydrogen) atoms. The van der Waals surface area contributed by atoms with Crippen LogP contribution in [0, 0.1) is 5.41 Å². The van der Waals surface area contributed by atoms with Crippen LogP contribution in [0.2, 0.25) is 5.02 Å². The third-order valence-corrected chi connectivity index (χ3v) is 3.87. The van der Waals surface area contributed by atoms with Crippen LogP contribution in [0.15, 0.2) is 24.3 Å². The first-order valence-corrected chi connectivity index (χ1v) is 5.99. The molecular weight excluding hydrogens is 224 g/mol. The van der Waals surface area contributed by atoms with Gasteiger partial charge in [-0.05, 0) is 30.9 Å². The van der Waals surface area contributed by atoms with Crippen LogP contribution in [0.25, 0.3) is 0 Å². The van der Waals surface area contributed by atoms with Gasteiger partial charge in [0.15, 0.2) is 0 Å². The number of carboxylic acids is 1. The Morgan fingerprint density at radius 1 is 1.31 bits per heavy atom. The van der Waals surface area contributed by atoms with E-state index in [4.69, 9.17) is 11.6 Å². The molecule has 1 aliphatic carbocycles. The van der Waals surface area contributed by atoms with Gasteiger partial charge in [0, 0.05) is 5.02 Å². The molecule has 0 atom stereocenters. The average Bonchev–Trinajstić information content (AvgIpc) is 2.71. The summed E-state index contributed by atoms with van der Waals surface area (Å²) in [5.41, 5.74) is 0.374. The van der Waals surface area contributed by atoms with Crippen LogP contribution in [0.1, 0.15) is 31.2 Å². The summed E-state index contributed by atoms with van der Waals surface area (Å²) in [5.74, 6) is -0.676. The molecule has 1 aromatic rings. The van der Waals surface area contributed by atoms with E-state index in [1.54, 1.807) is 0 Å². The Morgan fingerprint density at radius 3 is 2.50 bits per heavy atom. The van der Waals surface area contributed by atoms with Gasteiger partial charge in [-0.15, -0.1) is 0 Å². The largest absolute Gasteiger partial charge is 0.481 e. The Bertz CT molecular complexity index is 395. The SMILES string of the molecule is O=C(O)C1(Cc2ccccc2Cl)CCCC1. The van der Waals surface area contributed by atoms with E-state index in [0.29, 0.717) is 11.4 Å². The standard InChI is InChI=1S/C13H15ClO2/c14-11-6-2-1-5-10(11)9-13(12(15)16)7-3-4-8-13/h1-2,5-6H,3-4,7-9H2,(H,15,16). The zero-order valence-electron chi connectivity index (χ0n) is 9.08. The minimum Gasteiger partial charge on any atom is -0.481 e. The Morgan fingerprint density at radius 2 is 1.94 bits per heavy atom. The highest BCUT2D eigenvalue weighted by Crippen LogP contribution is 2.42. The third kappa shape index (κ3) is 2.07. The third-order valence-electron chi connectivity index (χ3n) is 3.50. The minimum absolute atomic E-state index is 0.558. The first kappa shape index (κ1) is 11.5. The van der Waals surface area contributed by atoms with E-state index < -0.39 is 11.4 Å². The highest BCUT2D eigenvalue weighted by Gasteiger charge is 2.41. The van der Waals surface area contributed by atoms with Crippen molar-refractivity contribution in [1.29, 1.82) is 0 Å². The fraction of sp³-hybridized carbons (Fsp3) is 0.462. The number of carboxylic acid groups (broad SMARTS) is 1. The monoisotopic (exact) mass is 238 g/mol. The number of rotatable bonds is 3. The molecule has 2 rings (SSSR count). The van der Waals surface area contributed by atoms with E-state index >= 15 is 0 Å². The molecule has 86 valence electrons. The summed E-state index contributed by atoms with van der Waals surface area (Å²) < 4.78 is 0. The van der Waals surface area contributed by atoms with Crippen LogP contribution in [-0.4, -0.2) is 11.1 Å². The summed E-state index contributed by atoms with van der Waals surface area (Å²) in [6.45, 7) is 0. The van der Waals surface area contributed by atoms with Crippen molar-refractivity contribution in [3.63, 3.8) is 0 Å². The molecule has 1 saturated carbocycles. The molecule has 0 saturated heterocycles. The van der Waals surface area contributed by atoms with E-state index in [1.807, 2.05) is 24.3 Å². The van der Waals surface area contributed by atoms with Crippen molar-refractivity contribution >= 4 is 17.6 Å². The number of hydrogen-bond donors (Lipinski definition) is 1. The smallest absolute Gasteiger partial charge is 0.309 e. The molecular formula is C13H15ClO2. The number of aliphatic carboxylic acids is 1. The van der Waals surface area contributed by atoms with Gasteiger partial charge in [0.25, 0.3) is 0 Å². The van der Waals surface area contributed by atoms with E-state index in [2.05, 4.69) is 0 Å². The van der Waals surface area contributed by atoms with E-state index in [9.17, 15) is 9.90 Å². The van der Waals surface area contributed by atoms with E-state index in [-0.39, 0.29) is 0 Å². The second-order valence-corrected chi connectivity index (χ2v) is 4.97. The number of halogens is 1. The molecule has 0 spiro atoms. The molecule has 1 fully saturated rings. The lowest BCUT2D eigenvalue weighted by molar-refractivity contribution is -0.148. The molecule has 0 aliphatic heterocycles. The van der Waals surface area contributed by atoms with Gasteiger partial charge in [-0.25, -0.2) is 0 Å². The fourth-order valence-electron chi connectivity index (χ4n) is 2.52. The van der Waals surface area contributed by atoms with Gasteiger partial charge >= 0.3 is 5.97 Å². The first-order chi connectivity index (χ1) is 7.64. The van der Waals surface area contributed by atoms with E-state index in [0.717, 1.165) is 31.2 Å². The molecule has 0 aromatic heterocycles.